The second-order valence-corrected chi connectivity index (χ2v) is 6.20. The van der Waals surface area contributed by atoms with Crippen LogP contribution in [0.4, 0.5) is 0 Å². The van der Waals surface area contributed by atoms with E-state index in [1.807, 2.05) is 6.07 Å². The number of carbonyl (C=O) groups is 1. The van der Waals surface area contributed by atoms with Crippen LogP contribution in [-0.4, -0.2) is 42.4 Å². The normalized spacial score (nSPS) is 22.3. The second kappa shape index (κ2) is 7.52. The lowest BCUT2D eigenvalue weighted by Gasteiger charge is -2.32. The summed E-state index contributed by atoms with van der Waals surface area (Å²) in [6.45, 7) is 0.317. The Balaban J connectivity index is 2.43. The fraction of sp³-hybridized carbons (Fsp3) is 0.562. The third-order valence-electron chi connectivity index (χ3n) is 4.98. The van der Waals surface area contributed by atoms with Gasteiger partial charge in [-0.15, -0.1) is 0 Å². The monoisotopic (exact) mass is 336 g/mol. The molecule has 2 rings (SSSR count). The standard InChI is InChI=1S/C16H25BN2O5/c1-19-16(15(20)21)12(4-3-5-17(22)23)7-10-6-11(9-18)14(24-2)8-13(10)16/h6,8,12,19,22-23H,3-5,7,9,18H2,1-2H3,(H,20,21)/t12-,16+/m0/s1. The molecule has 0 saturated heterocycles. The molecule has 0 amide bonds. The van der Waals surface area contributed by atoms with Gasteiger partial charge in [0.05, 0.1) is 7.11 Å². The average Bonchev–Trinajstić information content (AvgIpc) is 2.86. The number of carboxylic acid groups (broad SMARTS) is 1. The van der Waals surface area contributed by atoms with E-state index < -0.39 is 18.6 Å². The number of hydrogen-bond acceptors (Lipinski definition) is 6. The molecule has 1 aromatic carbocycles. The molecule has 1 aliphatic rings. The number of nitrogens with one attached hydrogen (secondary N) is 1. The van der Waals surface area contributed by atoms with Crippen molar-refractivity contribution in [1.82, 2.24) is 5.32 Å². The summed E-state index contributed by atoms with van der Waals surface area (Å²) in [6.07, 6.45) is 1.93. The molecule has 132 valence electrons. The lowest BCUT2D eigenvalue weighted by molar-refractivity contribution is -0.147. The molecular formula is C16H25BN2O5. The largest absolute Gasteiger partial charge is 0.496 e. The first-order valence-electron chi connectivity index (χ1n) is 8.09. The number of likely N-dealkylation sites (N-methyl/N-ethyl adjacent to an activating group) is 1. The zero-order valence-corrected chi connectivity index (χ0v) is 14.1. The molecule has 0 bridgehead atoms. The predicted octanol–water partition coefficient (Wildman–Crippen LogP) is 0.0785. The van der Waals surface area contributed by atoms with Crippen LogP contribution in [-0.2, 0) is 23.3 Å². The first-order chi connectivity index (χ1) is 11.4. The van der Waals surface area contributed by atoms with Gasteiger partial charge in [-0.1, -0.05) is 12.5 Å². The van der Waals surface area contributed by atoms with Gasteiger partial charge in [-0.25, -0.2) is 4.79 Å². The maximum Gasteiger partial charge on any atom is 0.451 e. The smallest absolute Gasteiger partial charge is 0.451 e. The molecule has 0 saturated carbocycles. The molecule has 0 unspecified atom stereocenters. The molecule has 6 N–H and O–H groups in total. The van der Waals surface area contributed by atoms with Crippen LogP contribution in [0.1, 0.15) is 29.5 Å². The molecule has 1 aliphatic carbocycles. The summed E-state index contributed by atoms with van der Waals surface area (Å²) in [6, 6.07) is 3.69. The third-order valence-corrected chi connectivity index (χ3v) is 4.98. The maximum atomic E-state index is 12.2. The van der Waals surface area contributed by atoms with E-state index in [0.717, 1.165) is 11.1 Å². The highest BCUT2D eigenvalue weighted by molar-refractivity contribution is 6.40. The van der Waals surface area contributed by atoms with E-state index in [2.05, 4.69) is 5.32 Å². The number of methoxy groups -OCH3 is 1. The van der Waals surface area contributed by atoms with Crippen molar-refractivity contribution in [2.45, 2.75) is 37.7 Å². The molecule has 24 heavy (non-hydrogen) atoms. The van der Waals surface area contributed by atoms with Crippen LogP contribution in [0.5, 0.6) is 5.75 Å². The molecule has 0 radical (unpaired) electrons. The van der Waals surface area contributed by atoms with Gasteiger partial charge in [-0.05, 0) is 49.3 Å². The third kappa shape index (κ3) is 3.14. The van der Waals surface area contributed by atoms with E-state index in [4.69, 9.17) is 20.5 Å². The molecule has 8 heteroatoms. The van der Waals surface area contributed by atoms with Crippen molar-refractivity contribution in [1.29, 1.82) is 0 Å². The number of rotatable bonds is 8. The van der Waals surface area contributed by atoms with Gasteiger partial charge in [0.25, 0.3) is 0 Å². The first kappa shape index (κ1) is 18.7. The number of nitrogens with two attached hydrogens (primary N) is 1. The van der Waals surface area contributed by atoms with Crippen molar-refractivity contribution in [2.24, 2.45) is 11.7 Å². The van der Waals surface area contributed by atoms with Gasteiger partial charge in [-0.3, -0.25) is 0 Å². The summed E-state index contributed by atoms with van der Waals surface area (Å²) < 4.78 is 5.36. The van der Waals surface area contributed by atoms with Gasteiger partial charge in [0.15, 0.2) is 0 Å². The Morgan fingerprint density at radius 3 is 2.71 bits per heavy atom. The van der Waals surface area contributed by atoms with Gasteiger partial charge in [-0.2, -0.15) is 0 Å². The Labute approximate surface area is 142 Å². The van der Waals surface area contributed by atoms with Gasteiger partial charge in [0.2, 0.25) is 0 Å². The Morgan fingerprint density at radius 1 is 1.50 bits per heavy atom. The number of hydrogen-bond donors (Lipinski definition) is 5. The number of fused-ring (bicyclic) bond motifs is 1. The van der Waals surface area contributed by atoms with E-state index >= 15 is 0 Å². The Morgan fingerprint density at radius 2 is 2.21 bits per heavy atom. The highest BCUT2D eigenvalue weighted by Gasteiger charge is 2.52. The number of carboxylic acids is 1. The van der Waals surface area contributed by atoms with E-state index in [1.54, 1.807) is 13.1 Å². The summed E-state index contributed by atoms with van der Waals surface area (Å²) >= 11 is 0. The zero-order chi connectivity index (χ0) is 17.9. The summed E-state index contributed by atoms with van der Waals surface area (Å²) in [5.74, 6) is -0.545. The van der Waals surface area contributed by atoms with Crippen molar-refractivity contribution in [3.8, 4) is 5.75 Å². The van der Waals surface area contributed by atoms with Crippen molar-refractivity contribution in [3.63, 3.8) is 0 Å². The maximum absolute atomic E-state index is 12.2. The van der Waals surface area contributed by atoms with Crippen LogP contribution in [0, 0.1) is 5.92 Å². The Bertz CT molecular complexity index is 610. The molecule has 0 aromatic heterocycles. The van der Waals surface area contributed by atoms with E-state index in [9.17, 15) is 9.90 Å². The van der Waals surface area contributed by atoms with Gasteiger partial charge < -0.3 is 30.9 Å². The predicted molar refractivity (Wildman–Crippen MR) is 90.7 cm³/mol. The molecule has 0 heterocycles. The number of benzene rings is 1. The first-order valence-corrected chi connectivity index (χ1v) is 8.09. The molecule has 0 spiro atoms. The van der Waals surface area contributed by atoms with Crippen molar-refractivity contribution < 1.29 is 24.7 Å². The van der Waals surface area contributed by atoms with E-state index in [-0.39, 0.29) is 12.2 Å². The molecule has 1 aromatic rings. The van der Waals surface area contributed by atoms with Crippen LogP contribution < -0.4 is 15.8 Å². The highest BCUT2D eigenvalue weighted by atomic mass is 16.5. The van der Waals surface area contributed by atoms with Crippen LogP contribution >= 0.6 is 0 Å². The lowest BCUT2D eigenvalue weighted by atomic mass is 9.77. The van der Waals surface area contributed by atoms with Gasteiger partial charge in [0, 0.05) is 12.1 Å². The van der Waals surface area contributed by atoms with Crippen molar-refractivity contribution in [2.75, 3.05) is 14.2 Å². The van der Waals surface area contributed by atoms with Crippen LogP contribution in [0.25, 0.3) is 0 Å². The highest BCUT2D eigenvalue weighted by Crippen LogP contribution is 2.46. The fourth-order valence-corrected chi connectivity index (χ4v) is 3.80. The molecule has 2 atom stereocenters. The van der Waals surface area contributed by atoms with Crippen LogP contribution in [0.3, 0.4) is 0 Å². The molecule has 0 fully saturated rings. The van der Waals surface area contributed by atoms with Gasteiger partial charge in [0.1, 0.15) is 11.3 Å². The Hall–Kier alpha value is -1.61. The lowest BCUT2D eigenvalue weighted by Crippen LogP contribution is -2.51. The molecular weight excluding hydrogens is 311 g/mol. The summed E-state index contributed by atoms with van der Waals surface area (Å²) in [4.78, 5) is 12.2. The van der Waals surface area contributed by atoms with E-state index in [1.165, 1.54) is 7.11 Å². The van der Waals surface area contributed by atoms with Gasteiger partial charge >= 0.3 is 13.1 Å². The van der Waals surface area contributed by atoms with Crippen LogP contribution in [0.2, 0.25) is 6.32 Å². The minimum Gasteiger partial charge on any atom is -0.496 e. The fourth-order valence-electron chi connectivity index (χ4n) is 3.80. The molecule has 0 aliphatic heterocycles. The quantitative estimate of drug-likeness (QED) is 0.426. The summed E-state index contributed by atoms with van der Waals surface area (Å²) in [5.41, 5.74) is 7.04. The van der Waals surface area contributed by atoms with Crippen molar-refractivity contribution in [3.05, 3.63) is 28.8 Å². The van der Waals surface area contributed by atoms with E-state index in [0.29, 0.717) is 37.1 Å². The summed E-state index contributed by atoms with van der Waals surface area (Å²) in [5, 5.41) is 31.0. The topological polar surface area (TPSA) is 125 Å². The minimum atomic E-state index is -1.37. The second-order valence-electron chi connectivity index (χ2n) is 6.20. The molecule has 7 nitrogen and oxygen atoms in total. The zero-order valence-electron chi connectivity index (χ0n) is 14.1. The summed E-state index contributed by atoms with van der Waals surface area (Å²) in [7, 11) is 1.81. The SMILES string of the molecule is CN[C@@]1(C(=O)O)c2cc(OC)c(CN)cc2C[C@@H]1CCCB(O)O. The minimum absolute atomic E-state index is 0.188. The van der Waals surface area contributed by atoms with Crippen molar-refractivity contribution >= 4 is 13.1 Å². The Kier molecular flexibility index (Phi) is 5.87. The average molecular weight is 336 g/mol. The number of ether oxygens (including phenoxy) is 1. The van der Waals surface area contributed by atoms with Crippen LogP contribution in [0.15, 0.2) is 12.1 Å². The number of aliphatic carboxylic acids is 1.